The third-order valence-corrected chi connectivity index (χ3v) is 2.51. The van der Waals surface area contributed by atoms with E-state index in [-0.39, 0.29) is 11.9 Å². The molecule has 0 rings (SSSR count). The Morgan fingerprint density at radius 1 is 1.55 bits per heavy atom. The van der Waals surface area contributed by atoms with Gasteiger partial charge >= 0.3 is 82.7 Å². The van der Waals surface area contributed by atoms with Gasteiger partial charge in [0.25, 0.3) is 0 Å². The van der Waals surface area contributed by atoms with Gasteiger partial charge in [-0.2, -0.15) is 0 Å². The van der Waals surface area contributed by atoms with E-state index >= 15 is 0 Å². The SMILES string of the molecule is CCCCC(CC)C(=O)[O][SbH2]. The minimum absolute atomic E-state index is 0.00310. The van der Waals surface area contributed by atoms with Gasteiger partial charge in [-0.3, -0.25) is 0 Å². The van der Waals surface area contributed by atoms with E-state index in [1.54, 1.807) is 0 Å². The fourth-order valence-electron chi connectivity index (χ4n) is 1.04. The van der Waals surface area contributed by atoms with Crippen LogP contribution >= 0.6 is 0 Å². The fourth-order valence-corrected chi connectivity index (χ4v) is 1.58. The summed E-state index contributed by atoms with van der Waals surface area (Å²) in [6.07, 6.45) is 4.20. The van der Waals surface area contributed by atoms with Crippen LogP contribution in [-0.4, -0.2) is 29.4 Å². The van der Waals surface area contributed by atoms with Gasteiger partial charge in [0, 0.05) is 0 Å². The summed E-state index contributed by atoms with van der Waals surface area (Å²) in [5, 5.41) is 0. The number of hydrogen-bond acceptors (Lipinski definition) is 2. The van der Waals surface area contributed by atoms with Crippen LogP contribution in [0.2, 0.25) is 0 Å². The van der Waals surface area contributed by atoms with E-state index < -0.39 is 0 Å². The van der Waals surface area contributed by atoms with Gasteiger partial charge in [0.05, 0.1) is 0 Å². The van der Waals surface area contributed by atoms with Gasteiger partial charge in [0.2, 0.25) is 0 Å². The van der Waals surface area contributed by atoms with Crippen LogP contribution in [0.3, 0.4) is 0 Å². The predicted molar refractivity (Wildman–Crippen MR) is 47.9 cm³/mol. The molecule has 0 aliphatic carbocycles. The minimum atomic E-state index is 0.00310. The zero-order valence-corrected chi connectivity index (χ0v) is 10.6. The molecule has 0 aliphatic heterocycles. The average Bonchev–Trinajstić information content (AvgIpc) is 2.05. The first-order chi connectivity index (χ1) is 5.26. The molecule has 0 amide bonds. The summed E-state index contributed by atoms with van der Waals surface area (Å²) in [7, 11) is 0. The van der Waals surface area contributed by atoms with Crippen molar-refractivity contribution in [3.05, 3.63) is 0 Å². The predicted octanol–water partition coefficient (Wildman–Crippen LogP) is 1.29. The van der Waals surface area contributed by atoms with Crippen LogP contribution in [0.4, 0.5) is 0 Å². The molecule has 0 radical (unpaired) electrons. The second-order valence-corrected chi connectivity index (χ2v) is 3.36. The second-order valence-electron chi connectivity index (χ2n) is 2.68. The summed E-state index contributed by atoms with van der Waals surface area (Å²) in [6.45, 7) is 4.18. The number of unbranched alkanes of at least 4 members (excludes halogenated alkanes) is 1. The molecule has 0 spiro atoms. The third kappa shape index (κ3) is 4.68. The Hall–Kier alpha value is 0.288. The number of rotatable bonds is 5. The second kappa shape index (κ2) is 6.97. The molecule has 0 aromatic heterocycles. The molecule has 0 aromatic carbocycles. The summed E-state index contributed by atoms with van der Waals surface area (Å²) < 4.78 is 4.79. The molecule has 0 fully saturated rings. The van der Waals surface area contributed by atoms with Crippen molar-refractivity contribution in [3.63, 3.8) is 0 Å². The first-order valence-electron chi connectivity index (χ1n) is 4.16. The Morgan fingerprint density at radius 2 is 2.18 bits per heavy atom. The van der Waals surface area contributed by atoms with E-state index in [2.05, 4.69) is 6.92 Å². The fraction of sp³-hybridized carbons (Fsp3) is 0.875. The van der Waals surface area contributed by atoms with Crippen molar-refractivity contribution in [2.45, 2.75) is 39.5 Å². The van der Waals surface area contributed by atoms with E-state index in [9.17, 15) is 4.79 Å². The van der Waals surface area contributed by atoms with E-state index in [0.717, 1.165) is 25.7 Å². The zero-order valence-electron chi connectivity index (χ0n) is 7.30. The molecule has 0 aliphatic rings. The normalized spacial score (nSPS) is 12.6. The molecule has 0 heterocycles. The number of hydrogen-bond donors (Lipinski definition) is 0. The van der Waals surface area contributed by atoms with Gasteiger partial charge < -0.3 is 0 Å². The molecule has 0 aromatic rings. The maximum atomic E-state index is 11.1. The Bertz CT molecular complexity index is 115. The van der Waals surface area contributed by atoms with Gasteiger partial charge in [-0.1, -0.05) is 0 Å². The summed E-state index contributed by atoms with van der Waals surface area (Å²) in [4.78, 5) is 11.1. The Balaban J connectivity index is 3.65. The number of carbonyl (C=O) groups is 1. The summed E-state index contributed by atoms with van der Waals surface area (Å²) in [5.41, 5.74) is 0. The van der Waals surface area contributed by atoms with Crippen molar-refractivity contribution in [2.24, 2.45) is 5.92 Å². The summed E-state index contributed by atoms with van der Waals surface area (Å²) in [6, 6.07) is 0. The van der Waals surface area contributed by atoms with Crippen LogP contribution < -0.4 is 0 Å². The average molecular weight is 267 g/mol. The van der Waals surface area contributed by atoms with Gasteiger partial charge in [-0.25, -0.2) is 0 Å². The van der Waals surface area contributed by atoms with Gasteiger partial charge in [0.1, 0.15) is 0 Å². The molecular formula is C8H17O2Sb. The Labute approximate surface area is 82.7 Å². The van der Waals surface area contributed by atoms with Crippen molar-refractivity contribution in [3.8, 4) is 0 Å². The standard InChI is InChI=1S/C8H16O2.Sb.2H/c1-3-5-6-7(4-2)8(9)10;;;/h7H,3-6H2,1-2H3,(H,9,10);;;/q;+1;;/p-1. The van der Waals surface area contributed by atoms with Crippen LogP contribution in [0.25, 0.3) is 0 Å². The van der Waals surface area contributed by atoms with Crippen molar-refractivity contribution in [1.29, 1.82) is 0 Å². The molecule has 66 valence electrons. The van der Waals surface area contributed by atoms with Gasteiger partial charge in [-0.15, -0.1) is 0 Å². The van der Waals surface area contributed by atoms with Gasteiger partial charge in [0.15, 0.2) is 0 Å². The molecule has 2 nitrogen and oxygen atoms in total. The first-order valence-corrected chi connectivity index (χ1v) is 5.51. The molecule has 0 N–H and O–H groups in total. The molecule has 3 heteroatoms. The van der Waals surface area contributed by atoms with Crippen molar-refractivity contribution in [1.82, 2.24) is 0 Å². The molecule has 1 unspecified atom stereocenters. The zero-order chi connectivity index (χ0) is 8.69. The van der Waals surface area contributed by atoms with Crippen LogP contribution in [0, 0.1) is 5.92 Å². The summed E-state index contributed by atoms with van der Waals surface area (Å²) in [5.74, 6) is 0.161. The molecule has 0 saturated heterocycles. The van der Waals surface area contributed by atoms with Crippen LogP contribution in [0.15, 0.2) is 0 Å². The van der Waals surface area contributed by atoms with Gasteiger partial charge in [-0.05, 0) is 0 Å². The van der Waals surface area contributed by atoms with Crippen LogP contribution in [0.1, 0.15) is 39.5 Å². The van der Waals surface area contributed by atoms with Crippen LogP contribution in [0.5, 0.6) is 0 Å². The van der Waals surface area contributed by atoms with Crippen molar-refractivity contribution < 1.29 is 7.81 Å². The molecule has 11 heavy (non-hydrogen) atoms. The number of carbonyl (C=O) groups excluding carboxylic acids is 1. The Kier molecular flexibility index (Phi) is 7.15. The molecular weight excluding hydrogens is 250 g/mol. The molecule has 1 atom stereocenters. The third-order valence-electron chi connectivity index (χ3n) is 1.85. The molecule has 0 bridgehead atoms. The van der Waals surface area contributed by atoms with E-state index in [1.807, 2.05) is 6.92 Å². The maximum absolute atomic E-state index is 11.1. The summed E-state index contributed by atoms with van der Waals surface area (Å²) >= 11 is 0.593. The van der Waals surface area contributed by atoms with E-state index in [1.165, 1.54) is 0 Å². The monoisotopic (exact) mass is 266 g/mol. The Morgan fingerprint density at radius 3 is 2.55 bits per heavy atom. The van der Waals surface area contributed by atoms with Crippen LogP contribution in [-0.2, 0) is 7.81 Å². The van der Waals surface area contributed by atoms with Crippen molar-refractivity contribution in [2.75, 3.05) is 0 Å². The molecule has 0 saturated carbocycles. The first kappa shape index (κ1) is 11.3. The topological polar surface area (TPSA) is 26.3 Å². The quantitative estimate of drug-likeness (QED) is 0.702. The van der Waals surface area contributed by atoms with E-state index in [4.69, 9.17) is 3.02 Å². The van der Waals surface area contributed by atoms with Crippen molar-refractivity contribution >= 4 is 29.4 Å². The van der Waals surface area contributed by atoms with E-state index in [0.29, 0.717) is 23.4 Å².